The number of benzene rings is 9. The second-order valence-corrected chi connectivity index (χ2v) is 17.1. The minimum Gasteiger partial charge on any atom is -0.484 e. The normalized spacial score (nSPS) is 15.4. The molecule has 1 aliphatic carbocycles. The third kappa shape index (κ3) is 6.17. The van der Waals surface area contributed by atoms with E-state index in [1.165, 1.54) is 70.1 Å². The molecule has 0 N–H and O–H groups in total. The molecule has 0 radical (unpaired) electrons. The number of hydrogen-bond acceptors (Lipinski definition) is 3. The maximum atomic E-state index is 7.05. The van der Waals surface area contributed by atoms with E-state index in [9.17, 15) is 0 Å². The van der Waals surface area contributed by atoms with Gasteiger partial charge in [0.25, 0.3) is 0 Å². The minimum absolute atomic E-state index is 0.105. The molecule has 2 unspecified atom stereocenters. The summed E-state index contributed by atoms with van der Waals surface area (Å²) in [6.07, 6.45) is 6.64. The molecule has 2 atom stereocenters. The Balaban J connectivity index is 0.861. The summed E-state index contributed by atoms with van der Waals surface area (Å²) in [5, 5.41) is 5.00. The zero-order valence-electron chi connectivity index (χ0n) is 33.3. The number of hydrogen-bond donors (Lipinski definition) is 0. The van der Waals surface area contributed by atoms with Gasteiger partial charge in [0.2, 0.25) is 0 Å². The van der Waals surface area contributed by atoms with E-state index in [4.69, 9.17) is 4.74 Å². The van der Waals surface area contributed by atoms with E-state index in [2.05, 4.69) is 229 Å². The zero-order chi connectivity index (χ0) is 40.3. The molecule has 2 nitrogen and oxygen atoms in total. The SMILES string of the molecule is C1=CC2c3cc(-c4cccc(-c5ccccc5)c4)c4ccccc4c3OC2C(c2ccc(N(c3ccccc3)c3ccc(-c4ccc5sc6ccccc6c5c4)cc3)cc2)=C1. The lowest BCUT2D eigenvalue weighted by molar-refractivity contribution is 0.281. The Hall–Kier alpha value is -7.46. The first-order chi connectivity index (χ1) is 30.2. The van der Waals surface area contributed by atoms with Crippen LogP contribution in [-0.4, -0.2) is 6.10 Å². The van der Waals surface area contributed by atoms with E-state index >= 15 is 0 Å². The highest BCUT2D eigenvalue weighted by molar-refractivity contribution is 7.25. The van der Waals surface area contributed by atoms with Gasteiger partial charge in [-0.15, -0.1) is 11.3 Å². The van der Waals surface area contributed by atoms with E-state index in [1.54, 1.807) is 0 Å². The Morgan fingerprint density at radius 2 is 0.984 bits per heavy atom. The molecular formula is C58H39NOS. The number of rotatable bonds is 7. The second-order valence-electron chi connectivity index (χ2n) is 16.0. The van der Waals surface area contributed by atoms with Crippen molar-refractivity contribution < 1.29 is 4.74 Å². The van der Waals surface area contributed by atoms with E-state index in [0.717, 1.165) is 33.8 Å². The number of anilines is 3. The summed E-state index contributed by atoms with van der Waals surface area (Å²) in [6, 6.07) is 74.8. The third-order valence-electron chi connectivity index (χ3n) is 12.4. The number of para-hydroxylation sites is 1. The molecule has 3 heteroatoms. The Kier molecular flexibility index (Phi) is 8.53. The molecule has 0 saturated carbocycles. The van der Waals surface area contributed by atoms with Gasteiger partial charge < -0.3 is 9.64 Å². The van der Waals surface area contributed by atoms with Crippen molar-refractivity contribution in [1.29, 1.82) is 0 Å². The van der Waals surface area contributed by atoms with Crippen LogP contribution in [0.3, 0.4) is 0 Å². The highest BCUT2D eigenvalue weighted by Gasteiger charge is 2.38. The second kappa shape index (κ2) is 14.7. The van der Waals surface area contributed by atoms with Gasteiger partial charge in [-0.1, -0.05) is 158 Å². The average Bonchev–Trinajstić information content (AvgIpc) is 3.91. The monoisotopic (exact) mass is 797 g/mol. The van der Waals surface area contributed by atoms with Crippen LogP contribution in [-0.2, 0) is 0 Å². The van der Waals surface area contributed by atoms with Crippen LogP contribution < -0.4 is 9.64 Å². The summed E-state index contributed by atoms with van der Waals surface area (Å²) in [4.78, 5) is 2.34. The largest absolute Gasteiger partial charge is 0.484 e. The van der Waals surface area contributed by atoms with Gasteiger partial charge in [-0.05, 0) is 111 Å². The summed E-state index contributed by atoms with van der Waals surface area (Å²) in [7, 11) is 0. The van der Waals surface area contributed by atoms with Gasteiger partial charge in [-0.25, -0.2) is 0 Å². The maximum absolute atomic E-state index is 7.05. The van der Waals surface area contributed by atoms with Crippen LogP contribution in [0.2, 0.25) is 0 Å². The molecule has 1 aliphatic heterocycles. The summed E-state index contributed by atoms with van der Waals surface area (Å²) in [6.45, 7) is 0. The first-order valence-electron chi connectivity index (χ1n) is 21.0. The lowest BCUT2D eigenvalue weighted by Crippen LogP contribution is -2.21. The van der Waals surface area contributed by atoms with Gasteiger partial charge in [0.05, 0.1) is 0 Å². The van der Waals surface area contributed by atoms with Crippen molar-refractivity contribution in [2.75, 3.05) is 4.90 Å². The lowest BCUT2D eigenvalue weighted by atomic mass is 9.82. The molecule has 2 aliphatic rings. The summed E-state index contributed by atoms with van der Waals surface area (Å²) >= 11 is 1.86. The van der Waals surface area contributed by atoms with Crippen molar-refractivity contribution in [2.45, 2.75) is 12.0 Å². The number of allylic oxidation sites excluding steroid dienone is 2. The van der Waals surface area contributed by atoms with E-state index in [-0.39, 0.29) is 12.0 Å². The number of nitrogens with zero attached hydrogens (tertiary/aromatic N) is 1. The standard InChI is InChI=1S/C58H39NOS/c1-3-13-38(14-4-1)41-15-11-16-43(35-41)52-37-54-51-23-12-22-47(57(51)60-58(54)50-21-8-7-19-48(50)52)40-27-32-46(33-28-40)59(44-17-5-2-6-18-44)45-30-25-39(26-31-45)42-29-34-56-53(36-42)49-20-9-10-24-55(49)61-56/h1-37,51,57H. The van der Waals surface area contributed by atoms with Gasteiger partial charge >= 0.3 is 0 Å². The van der Waals surface area contributed by atoms with Gasteiger partial charge in [-0.2, -0.15) is 0 Å². The molecule has 1 aromatic heterocycles. The van der Waals surface area contributed by atoms with Crippen molar-refractivity contribution >= 4 is 64.9 Å². The van der Waals surface area contributed by atoms with Crippen molar-refractivity contribution in [1.82, 2.24) is 0 Å². The summed E-state index contributed by atoms with van der Waals surface area (Å²) < 4.78 is 9.70. The van der Waals surface area contributed by atoms with Gasteiger partial charge in [-0.3, -0.25) is 0 Å². The zero-order valence-corrected chi connectivity index (χ0v) is 34.1. The molecular weight excluding hydrogens is 759 g/mol. The summed E-state index contributed by atoms with van der Waals surface area (Å²) in [5.41, 5.74) is 14.2. The Labute approximate surface area is 359 Å². The molecule has 0 fully saturated rings. The highest BCUT2D eigenvalue weighted by atomic mass is 32.1. The third-order valence-corrected chi connectivity index (χ3v) is 13.6. The predicted octanol–water partition coefficient (Wildman–Crippen LogP) is 16.2. The first kappa shape index (κ1) is 35.5. The molecule has 0 bridgehead atoms. The average molecular weight is 798 g/mol. The van der Waals surface area contributed by atoms with Crippen molar-refractivity contribution in [3.63, 3.8) is 0 Å². The van der Waals surface area contributed by atoms with E-state index in [1.807, 2.05) is 11.3 Å². The maximum Gasteiger partial charge on any atom is 0.135 e. The van der Waals surface area contributed by atoms with Crippen LogP contribution in [0.15, 0.2) is 224 Å². The molecule has 0 spiro atoms. The molecule has 10 aromatic rings. The van der Waals surface area contributed by atoms with Crippen molar-refractivity contribution in [2.24, 2.45) is 0 Å². The minimum atomic E-state index is -0.121. The van der Waals surface area contributed by atoms with Crippen molar-refractivity contribution in [3.8, 4) is 39.1 Å². The van der Waals surface area contributed by atoms with Gasteiger partial charge in [0.15, 0.2) is 0 Å². The molecule has 0 amide bonds. The smallest absolute Gasteiger partial charge is 0.135 e. The Morgan fingerprint density at radius 3 is 1.77 bits per heavy atom. The number of thiophene rings is 1. The molecule has 61 heavy (non-hydrogen) atoms. The first-order valence-corrected chi connectivity index (χ1v) is 21.8. The lowest BCUT2D eigenvalue weighted by Gasteiger charge is -2.27. The highest BCUT2D eigenvalue weighted by Crippen LogP contribution is 2.51. The molecule has 12 rings (SSSR count). The topological polar surface area (TPSA) is 12.5 Å². The van der Waals surface area contributed by atoms with Crippen LogP contribution >= 0.6 is 11.3 Å². The molecule has 0 saturated heterocycles. The molecule has 288 valence electrons. The quantitative estimate of drug-likeness (QED) is 0.159. The van der Waals surface area contributed by atoms with Crippen LogP contribution in [0.25, 0.3) is 69.9 Å². The van der Waals surface area contributed by atoms with Crippen LogP contribution in [0, 0.1) is 0 Å². The fourth-order valence-electron chi connectivity index (χ4n) is 9.48. The van der Waals surface area contributed by atoms with Crippen LogP contribution in [0.1, 0.15) is 17.0 Å². The predicted molar refractivity (Wildman–Crippen MR) is 259 cm³/mol. The van der Waals surface area contributed by atoms with Gasteiger partial charge in [0, 0.05) is 59.7 Å². The van der Waals surface area contributed by atoms with Crippen LogP contribution in [0.5, 0.6) is 5.75 Å². The van der Waals surface area contributed by atoms with Crippen molar-refractivity contribution in [3.05, 3.63) is 236 Å². The van der Waals surface area contributed by atoms with E-state index < -0.39 is 0 Å². The number of ether oxygens (including phenoxy) is 1. The number of fused-ring (bicyclic) bond motifs is 8. The van der Waals surface area contributed by atoms with E-state index in [0.29, 0.717) is 0 Å². The molecule has 2 heterocycles. The fraction of sp³-hybridized carbons (Fsp3) is 0.0345. The Morgan fingerprint density at radius 1 is 0.410 bits per heavy atom. The van der Waals surface area contributed by atoms with Crippen LogP contribution in [0.4, 0.5) is 17.1 Å². The Bertz CT molecular complexity index is 3330. The summed E-state index contributed by atoms with van der Waals surface area (Å²) in [5.74, 6) is 1.10. The molecule has 9 aromatic carbocycles. The van der Waals surface area contributed by atoms with Gasteiger partial charge in [0.1, 0.15) is 11.9 Å². The fourth-order valence-corrected chi connectivity index (χ4v) is 10.6.